The zero-order valence-electron chi connectivity index (χ0n) is 21.9. The van der Waals surface area contributed by atoms with Crippen molar-refractivity contribution in [2.45, 2.75) is 44.4 Å². The molecule has 2 aromatic carbocycles. The Bertz CT molecular complexity index is 1470. The highest BCUT2D eigenvalue weighted by Crippen LogP contribution is 2.27. The molecule has 2 aromatic heterocycles. The minimum atomic E-state index is -1.09. The molecule has 1 aliphatic rings. The van der Waals surface area contributed by atoms with Crippen LogP contribution in [-0.4, -0.2) is 61.0 Å². The lowest BCUT2D eigenvalue weighted by molar-refractivity contribution is -0.135. The van der Waals surface area contributed by atoms with Gasteiger partial charge in [-0.3, -0.25) is 18.8 Å². The average Bonchev–Trinajstić information content (AvgIpc) is 3.27. The Hall–Kier alpha value is -3.82. The molecule has 0 unspecified atom stereocenters. The lowest BCUT2D eigenvalue weighted by Gasteiger charge is -2.38. The molecule has 1 amide bonds. The third-order valence-corrected chi connectivity index (χ3v) is 7.40. The molecule has 0 saturated carbocycles. The predicted octanol–water partition coefficient (Wildman–Crippen LogP) is 2.50. The van der Waals surface area contributed by atoms with Crippen LogP contribution >= 0.6 is 0 Å². The van der Waals surface area contributed by atoms with Gasteiger partial charge in [-0.2, -0.15) is 5.10 Å². The molecule has 38 heavy (non-hydrogen) atoms. The number of aromatic nitrogens is 4. The summed E-state index contributed by atoms with van der Waals surface area (Å²) in [5.74, 6) is 0.0937. The number of hydrogen-bond acceptors (Lipinski definition) is 6. The molecule has 9 heteroatoms. The number of nitrogens with zero attached hydrogens (tertiary/aromatic N) is 5. The second kappa shape index (κ2) is 10.9. The van der Waals surface area contributed by atoms with Gasteiger partial charge in [0.1, 0.15) is 5.52 Å². The Kier molecular flexibility index (Phi) is 7.40. The van der Waals surface area contributed by atoms with Gasteiger partial charge in [-0.1, -0.05) is 54.6 Å². The first-order valence-corrected chi connectivity index (χ1v) is 13.1. The van der Waals surface area contributed by atoms with E-state index < -0.39 is 5.60 Å². The van der Waals surface area contributed by atoms with E-state index in [1.807, 2.05) is 66.5 Å². The Morgan fingerprint density at radius 1 is 1.03 bits per heavy atom. The number of carbonyl (C=O) groups is 1. The molecule has 0 bridgehead atoms. The number of aryl methyl sites for hydroxylation is 2. The van der Waals surface area contributed by atoms with Crippen LogP contribution in [0.25, 0.3) is 22.3 Å². The maximum atomic E-state index is 13.3. The minimum Gasteiger partial charge on any atom is -0.388 e. The number of hydrogen-bond donors (Lipinski definition) is 2. The van der Waals surface area contributed by atoms with Crippen molar-refractivity contribution in [1.82, 2.24) is 29.5 Å². The average molecular weight is 515 g/mol. The monoisotopic (exact) mass is 514 g/mol. The van der Waals surface area contributed by atoms with Crippen molar-refractivity contribution in [1.29, 1.82) is 0 Å². The number of piperidine rings is 1. The highest BCUT2D eigenvalue weighted by atomic mass is 16.3. The lowest BCUT2D eigenvalue weighted by Crippen LogP contribution is -2.49. The molecule has 1 aliphatic heterocycles. The molecule has 9 nitrogen and oxygen atoms in total. The summed E-state index contributed by atoms with van der Waals surface area (Å²) in [7, 11) is 3.71. The van der Waals surface area contributed by atoms with E-state index in [1.54, 1.807) is 11.7 Å². The summed E-state index contributed by atoms with van der Waals surface area (Å²) in [6, 6.07) is 18.1. The molecule has 2 N–H and O–H groups in total. The van der Waals surface area contributed by atoms with Crippen LogP contribution in [0.2, 0.25) is 0 Å². The summed E-state index contributed by atoms with van der Waals surface area (Å²) < 4.78 is 3.13. The van der Waals surface area contributed by atoms with E-state index in [-0.39, 0.29) is 23.5 Å². The predicted molar refractivity (Wildman–Crippen MR) is 146 cm³/mol. The quantitative estimate of drug-likeness (QED) is 0.374. The normalized spacial score (nSPS) is 15.2. The summed E-state index contributed by atoms with van der Waals surface area (Å²) in [5.41, 5.74) is 3.47. The standard InChI is InChI=1S/C29H34N6O3/c1-30-18-22-8-11-23(12-9-22)27-25-26(32-33(27)2)28(37)35(20-31-25)19-29(38)14-16-34(17-15-29)24(36)13-10-21-6-4-3-5-7-21/h3-9,11-12,20,30,38H,10,13-19H2,1-2H3. The molecule has 0 radical (unpaired) electrons. The van der Waals surface area contributed by atoms with Crippen LogP contribution in [0, 0.1) is 0 Å². The Morgan fingerprint density at radius 2 is 1.74 bits per heavy atom. The van der Waals surface area contributed by atoms with Gasteiger partial charge < -0.3 is 15.3 Å². The summed E-state index contributed by atoms with van der Waals surface area (Å²) >= 11 is 0. The number of amides is 1. The summed E-state index contributed by atoms with van der Waals surface area (Å²) in [5, 5.41) is 18.9. The van der Waals surface area contributed by atoms with E-state index in [2.05, 4.69) is 15.4 Å². The maximum Gasteiger partial charge on any atom is 0.281 e. The topological polar surface area (TPSA) is 105 Å². The first-order chi connectivity index (χ1) is 18.4. The molecular weight excluding hydrogens is 480 g/mol. The summed E-state index contributed by atoms with van der Waals surface area (Å²) in [4.78, 5) is 32.4. The molecule has 198 valence electrons. The second-order valence-corrected chi connectivity index (χ2v) is 10.2. The van der Waals surface area contributed by atoms with Crippen molar-refractivity contribution in [2.75, 3.05) is 20.1 Å². The molecule has 3 heterocycles. The van der Waals surface area contributed by atoms with Crippen molar-refractivity contribution in [3.05, 3.63) is 82.4 Å². The van der Waals surface area contributed by atoms with Crippen LogP contribution in [0.4, 0.5) is 0 Å². The smallest absolute Gasteiger partial charge is 0.281 e. The highest BCUT2D eigenvalue weighted by molar-refractivity contribution is 5.89. The zero-order chi connectivity index (χ0) is 26.7. The van der Waals surface area contributed by atoms with Gasteiger partial charge in [-0.25, -0.2) is 4.98 Å². The number of carbonyl (C=O) groups excluding carboxylic acids is 1. The molecule has 1 fully saturated rings. The van der Waals surface area contributed by atoms with Gasteiger partial charge in [0.05, 0.1) is 24.2 Å². The number of benzene rings is 2. The largest absolute Gasteiger partial charge is 0.388 e. The van der Waals surface area contributed by atoms with Crippen LogP contribution in [0.3, 0.4) is 0 Å². The van der Waals surface area contributed by atoms with Crippen LogP contribution in [0.15, 0.2) is 65.7 Å². The Labute approximate surface area is 221 Å². The minimum absolute atomic E-state index is 0.0937. The third kappa shape index (κ3) is 5.39. The lowest BCUT2D eigenvalue weighted by atomic mass is 9.91. The highest BCUT2D eigenvalue weighted by Gasteiger charge is 2.35. The van der Waals surface area contributed by atoms with Gasteiger partial charge in [-0.15, -0.1) is 0 Å². The number of aliphatic hydroxyl groups is 1. The first kappa shape index (κ1) is 25.8. The molecule has 5 rings (SSSR count). The van der Waals surface area contributed by atoms with Crippen molar-refractivity contribution in [2.24, 2.45) is 7.05 Å². The fourth-order valence-electron chi connectivity index (χ4n) is 5.22. The van der Waals surface area contributed by atoms with Crippen LogP contribution in [0.5, 0.6) is 0 Å². The van der Waals surface area contributed by atoms with Crippen LogP contribution in [0.1, 0.15) is 30.4 Å². The van der Waals surface area contributed by atoms with E-state index in [4.69, 9.17) is 0 Å². The molecule has 1 saturated heterocycles. The van der Waals surface area contributed by atoms with E-state index in [9.17, 15) is 14.7 Å². The fraction of sp³-hybridized carbons (Fsp3) is 0.379. The third-order valence-electron chi connectivity index (χ3n) is 7.40. The Morgan fingerprint density at radius 3 is 2.42 bits per heavy atom. The van der Waals surface area contributed by atoms with Crippen molar-refractivity contribution < 1.29 is 9.90 Å². The fourth-order valence-corrected chi connectivity index (χ4v) is 5.22. The van der Waals surface area contributed by atoms with E-state index in [1.165, 1.54) is 10.9 Å². The van der Waals surface area contributed by atoms with Gasteiger partial charge in [-0.05, 0) is 37.4 Å². The van der Waals surface area contributed by atoms with Gasteiger partial charge in [0.2, 0.25) is 5.91 Å². The molecular formula is C29H34N6O3. The number of nitrogens with one attached hydrogen (secondary N) is 1. The van der Waals surface area contributed by atoms with Crippen molar-refractivity contribution >= 4 is 16.9 Å². The first-order valence-electron chi connectivity index (χ1n) is 13.1. The van der Waals surface area contributed by atoms with E-state index in [0.29, 0.717) is 44.3 Å². The maximum absolute atomic E-state index is 13.3. The van der Waals surface area contributed by atoms with E-state index in [0.717, 1.165) is 28.9 Å². The van der Waals surface area contributed by atoms with Gasteiger partial charge >= 0.3 is 0 Å². The number of rotatable bonds is 8. The number of likely N-dealkylation sites (tertiary alicyclic amines) is 1. The Balaban J connectivity index is 1.27. The van der Waals surface area contributed by atoms with Crippen molar-refractivity contribution in [3.8, 4) is 11.3 Å². The summed E-state index contributed by atoms with van der Waals surface area (Å²) in [6.45, 7) is 1.82. The summed E-state index contributed by atoms with van der Waals surface area (Å²) in [6.07, 6.45) is 3.46. The molecule has 4 aromatic rings. The molecule has 0 spiro atoms. The van der Waals surface area contributed by atoms with Gasteiger partial charge in [0, 0.05) is 38.7 Å². The van der Waals surface area contributed by atoms with E-state index >= 15 is 0 Å². The molecule has 0 aliphatic carbocycles. The number of fused-ring (bicyclic) bond motifs is 1. The molecule has 0 atom stereocenters. The van der Waals surface area contributed by atoms with Gasteiger partial charge in [0.25, 0.3) is 5.56 Å². The van der Waals surface area contributed by atoms with Crippen molar-refractivity contribution in [3.63, 3.8) is 0 Å². The zero-order valence-corrected chi connectivity index (χ0v) is 21.9. The SMILES string of the molecule is CNCc1ccc(-c2c3ncn(CC4(O)CCN(C(=O)CCc5ccccc5)CC4)c(=O)c3nn2C)cc1. The van der Waals surface area contributed by atoms with Crippen LogP contribution < -0.4 is 10.9 Å². The van der Waals surface area contributed by atoms with Gasteiger partial charge in [0.15, 0.2) is 5.52 Å². The van der Waals surface area contributed by atoms with Crippen LogP contribution in [-0.2, 0) is 31.4 Å². The second-order valence-electron chi connectivity index (χ2n) is 10.2.